The Hall–Kier alpha value is -1.23. The molecule has 2 heterocycles. The summed E-state index contributed by atoms with van der Waals surface area (Å²) < 4.78 is 0. The minimum absolute atomic E-state index is 0.555. The Balaban J connectivity index is 1.87. The summed E-state index contributed by atoms with van der Waals surface area (Å²) in [6.45, 7) is 4.03. The molecule has 2 aromatic rings. The van der Waals surface area contributed by atoms with Crippen LogP contribution in [0.5, 0.6) is 0 Å². The highest BCUT2D eigenvalue weighted by atomic mass is 35.5. The highest BCUT2D eigenvalue weighted by Gasteiger charge is 2.15. The summed E-state index contributed by atoms with van der Waals surface area (Å²) in [6.07, 6.45) is 1.13. The van der Waals surface area contributed by atoms with E-state index >= 15 is 0 Å². The van der Waals surface area contributed by atoms with Crippen LogP contribution >= 0.6 is 23.2 Å². The number of hydrogen-bond acceptors (Lipinski definition) is 3. The third-order valence-electron chi connectivity index (χ3n) is 3.47. The van der Waals surface area contributed by atoms with Crippen LogP contribution < -0.4 is 10.2 Å². The van der Waals surface area contributed by atoms with Gasteiger partial charge in [0.15, 0.2) is 5.82 Å². The molecular formula is C14H16Cl2N4. The van der Waals surface area contributed by atoms with Gasteiger partial charge in [-0.3, -0.25) is 5.10 Å². The van der Waals surface area contributed by atoms with Gasteiger partial charge in [-0.2, -0.15) is 5.10 Å². The number of hydrogen-bond donors (Lipinski definition) is 2. The molecule has 0 unspecified atom stereocenters. The molecule has 0 atom stereocenters. The van der Waals surface area contributed by atoms with Gasteiger partial charge >= 0.3 is 0 Å². The topological polar surface area (TPSA) is 44.0 Å². The van der Waals surface area contributed by atoms with Gasteiger partial charge in [-0.1, -0.05) is 35.3 Å². The molecule has 1 aromatic carbocycles. The van der Waals surface area contributed by atoms with Gasteiger partial charge < -0.3 is 10.2 Å². The maximum atomic E-state index is 6.25. The number of rotatable bonds is 2. The molecule has 1 fully saturated rings. The molecule has 20 heavy (non-hydrogen) atoms. The number of nitrogens with one attached hydrogen (secondary N) is 2. The van der Waals surface area contributed by atoms with Crippen molar-refractivity contribution in [3.05, 3.63) is 34.3 Å². The number of nitrogens with zero attached hydrogens (tertiary/aromatic N) is 2. The predicted octanol–water partition coefficient (Wildman–Crippen LogP) is 3.18. The van der Waals surface area contributed by atoms with Crippen LogP contribution in [0, 0.1) is 0 Å². The second-order valence-electron chi connectivity index (χ2n) is 4.83. The van der Waals surface area contributed by atoms with Crippen molar-refractivity contribution in [2.24, 2.45) is 0 Å². The minimum Gasteiger partial charge on any atom is -0.354 e. The second kappa shape index (κ2) is 6.04. The highest BCUT2D eigenvalue weighted by Crippen LogP contribution is 2.33. The fraction of sp³-hybridized carbons (Fsp3) is 0.357. The zero-order chi connectivity index (χ0) is 13.9. The summed E-state index contributed by atoms with van der Waals surface area (Å²) in [5.74, 6) is 0.958. The molecule has 0 spiro atoms. The zero-order valence-electron chi connectivity index (χ0n) is 11.0. The van der Waals surface area contributed by atoms with Gasteiger partial charge in [-0.05, 0) is 19.0 Å². The van der Waals surface area contributed by atoms with Crippen molar-refractivity contribution in [3.8, 4) is 11.3 Å². The molecule has 6 heteroatoms. The summed E-state index contributed by atoms with van der Waals surface area (Å²) >= 11 is 12.3. The Labute approximate surface area is 128 Å². The summed E-state index contributed by atoms with van der Waals surface area (Å²) in [5, 5.41) is 11.9. The van der Waals surface area contributed by atoms with E-state index in [0.717, 1.165) is 49.7 Å². The Kier molecular flexibility index (Phi) is 4.15. The second-order valence-corrected chi connectivity index (χ2v) is 5.62. The first-order valence-electron chi connectivity index (χ1n) is 6.71. The van der Waals surface area contributed by atoms with Crippen molar-refractivity contribution in [2.45, 2.75) is 6.42 Å². The van der Waals surface area contributed by atoms with Gasteiger partial charge in [-0.15, -0.1) is 0 Å². The summed E-state index contributed by atoms with van der Waals surface area (Å²) in [4.78, 5) is 2.28. The molecule has 1 saturated heterocycles. The van der Waals surface area contributed by atoms with Crippen molar-refractivity contribution in [3.63, 3.8) is 0 Å². The van der Waals surface area contributed by atoms with Crippen LogP contribution in [0.25, 0.3) is 11.3 Å². The molecular weight excluding hydrogens is 295 g/mol. The van der Waals surface area contributed by atoms with E-state index in [1.165, 1.54) is 0 Å². The lowest BCUT2D eigenvalue weighted by atomic mass is 10.1. The molecule has 1 aromatic heterocycles. The third kappa shape index (κ3) is 2.77. The molecule has 0 amide bonds. The summed E-state index contributed by atoms with van der Waals surface area (Å²) in [7, 11) is 0. The number of aromatic amines is 1. The fourth-order valence-corrected chi connectivity index (χ4v) is 2.80. The van der Waals surface area contributed by atoms with E-state index in [2.05, 4.69) is 20.4 Å². The van der Waals surface area contributed by atoms with Gasteiger partial charge in [0.1, 0.15) is 0 Å². The summed E-state index contributed by atoms with van der Waals surface area (Å²) in [6, 6.07) is 7.64. The maximum absolute atomic E-state index is 6.25. The Morgan fingerprint density at radius 1 is 1.15 bits per heavy atom. The highest BCUT2D eigenvalue weighted by molar-refractivity contribution is 6.43. The molecule has 106 valence electrons. The van der Waals surface area contributed by atoms with Gasteiger partial charge in [0.25, 0.3) is 0 Å². The molecule has 2 N–H and O–H groups in total. The van der Waals surface area contributed by atoms with Crippen LogP contribution in [0.2, 0.25) is 10.0 Å². The zero-order valence-corrected chi connectivity index (χ0v) is 12.5. The van der Waals surface area contributed by atoms with Crippen molar-refractivity contribution in [1.29, 1.82) is 0 Å². The van der Waals surface area contributed by atoms with E-state index in [1.807, 2.05) is 18.2 Å². The number of anilines is 1. The number of halogens is 2. The van der Waals surface area contributed by atoms with Crippen LogP contribution in [0.4, 0.5) is 5.82 Å². The number of aromatic nitrogens is 2. The van der Waals surface area contributed by atoms with Gasteiger partial charge in [0.05, 0.1) is 15.7 Å². The first-order chi connectivity index (χ1) is 9.75. The van der Waals surface area contributed by atoms with Crippen molar-refractivity contribution < 1.29 is 0 Å². The van der Waals surface area contributed by atoms with E-state index in [4.69, 9.17) is 23.2 Å². The van der Waals surface area contributed by atoms with Gasteiger partial charge in [0.2, 0.25) is 0 Å². The van der Waals surface area contributed by atoms with Crippen LogP contribution in [0.1, 0.15) is 6.42 Å². The van der Waals surface area contributed by atoms with Gasteiger partial charge in [0, 0.05) is 31.3 Å². The molecule has 0 radical (unpaired) electrons. The normalized spacial score (nSPS) is 16.2. The van der Waals surface area contributed by atoms with Crippen molar-refractivity contribution in [2.75, 3.05) is 31.1 Å². The van der Waals surface area contributed by atoms with Crippen molar-refractivity contribution in [1.82, 2.24) is 15.5 Å². The van der Waals surface area contributed by atoms with Crippen LogP contribution in [0.3, 0.4) is 0 Å². The molecule has 4 nitrogen and oxygen atoms in total. The van der Waals surface area contributed by atoms with Crippen molar-refractivity contribution >= 4 is 29.0 Å². The molecule has 0 bridgehead atoms. The van der Waals surface area contributed by atoms with E-state index in [9.17, 15) is 0 Å². The first kappa shape index (κ1) is 13.7. The third-order valence-corrected chi connectivity index (χ3v) is 4.29. The van der Waals surface area contributed by atoms with E-state index in [1.54, 1.807) is 6.07 Å². The lowest BCUT2D eigenvalue weighted by Crippen LogP contribution is -2.28. The smallest absolute Gasteiger partial charge is 0.151 e. The average molecular weight is 311 g/mol. The molecule has 0 aliphatic carbocycles. The quantitative estimate of drug-likeness (QED) is 0.895. The maximum Gasteiger partial charge on any atom is 0.151 e. The van der Waals surface area contributed by atoms with E-state index < -0.39 is 0 Å². The Morgan fingerprint density at radius 2 is 2.05 bits per heavy atom. The molecule has 1 aliphatic rings. The van der Waals surface area contributed by atoms with Crippen LogP contribution in [-0.2, 0) is 0 Å². The number of benzene rings is 1. The van der Waals surface area contributed by atoms with E-state index in [-0.39, 0.29) is 0 Å². The first-order valence-corrected chi connectivity index (χ1v) is 7.47. The monoisotopic (exact) mass is 310 g/mol. The number of H-pyrrole nitrogens is 1. The minimum atomic E-state index is 0.555. The van der Waals surface area contributed by atoms with Crippen LogP contribution in [0.15, 0.2) is 24.3 Å². The van der Waals surface area contributed by atoms with Gasteiger partial charge in [-0.25, -0.2) is 0 Å². The molecule has 3 rings (SSSR count). The largest absolute Gasteiger partial charge is 0.354 e. The lowest BCUT2D eigenvalue weighted by molar-refractivity contribution is 0.724. The standard InChI is InChI=1S/C14H16Cl2N4/c15-11-4-1-3-10(14(11)16)12-9-13(19-18-12)20-7-2-5-17-6-8-20/h1,3-4,9,17H,2,5-8H2,(H,18,19). The SMILES string of the molecule is Clc1cccc(-c2cc(N3CCCNCC3)n[nH]2)c1Cl. The van der Waals surface area contributed by atoms with Crippen LogP contribution in [-0.4, -0.2) is 36.4 Å². The Morgan fingerprint density at radius 3 is 2.95 bits per heavy atom. The Bertz CT molecular complexity index is 589. The fourth-order valence-electron chi connectivity index (χ4n) is 2.40. The lowest BCUT2D eigenvalue weighted by Gasteiger charge is -2.18. The average Bonchev–Trinajstić information content (AvgIpc) is 2.77. The summed E-state index contributed by atoms with van der Waals surface area (Å²) in [5.41, 5.74) is 1.77. The van der Waals surface area contributed by atoms with E-state index in [0.29, 0.717) is 10.0 Å². The molecule has 0 saturated carbocycles. The molecule has 1 aliphatic heterocycles. The predicted molar refractivity (Wildman–Crippen MR) is 83.7 cm³/mol.